The summed E-state index contributed by atoms with van der Waals surface area (Å²) in [6, 6.07) is 10.0. The summed E-state index contributed by atoms with van der Waals surface area (Å²) >= 11 is 1.73. The van der Waals surface area contributed by atoms with Crippen molar-refractivity contribution < 1.29 is 4.42 Å². The quantitative estimate of drug-likeness (QED) is 0.728. The van der Waals surface area contributed by atoms with E-state index in [1.165, 1.54) is 0 Å². The molecule has 0 atom stereocenters. The number of oxazole rings is 1. The van der Waals surface area contributed by atoms with Crippen LogP contribution in [-0.4, -0.2) is 41.0 Å². The van der Waals surface area contributed by atoms with Gasteiger partial charge in [0.1, 0.15) is 6.26 Å². The maximum atomic E-state index is 5.63. The highest BCUT2D eigenvalue weighted by Crippen LogP contribution is 2.22. The minimum Gasteiger partial charge on any atom is -0.444 e. The number of piperazine rings is 1. The fourth-order valence-corrected chi connectivity index (χ4v) is 3.76. The Kier molecular flexibility index (Phi) is 4.32. The van der Waals surface area contributed by atoms with Crippen LogP contribution in [0.3, 0.4) is 0 Å². The van der Waals surface area contributed by atoms with Gasteiger partial charge in [0.25, 0.3) is 0 Å². The van der Waals surface area contributed by atoms with Crippen LogP contribution in [0.4, 0.5) is 5.13 Å². The van der Waals surface area contributed by atoms with Crippen LogP contribution in [0.1, 0.15) is 11.4 Å². The normalized spacial score (nSPS) is 15.8. The van der Waals surface area contributed by atoms with Crippen LogP contribution in [0, 0.1) is 6.92 Å². The molecule has 6 heteroatoms. The molecule has 0 aliphatic carbocycles. The van der Waals surface area contributed by atoms with Gasteiger partial charge in [0.2, 0.25) is 5.89 Å². The first kappa shape index (κ1) is 15.4. The lowest BCUT2D eigenvalue weighted by atomic mass is 10.2. The zero-order chi connectivity index (χ0) is 16.4. The minimum absolute atomic E-state index is 0.697. The summed E-state index contributed by atoms with van der Waals surface area (Å²) in [5.41, 5.74) is 3.12. The smallest absolute Gasteiger partial charge is 0.226 e. The molecule has 3 heterocycles. The number of anilines is 1. The summed E-state index contributed by atoms with van der Waals surface area (Å²) in [6.07, 6.45) is 1.78. The first-order valence-corrected chi connectivity index (χ1v) is 9.05. The average Bonchev–Trinajstić information content (AvgIpc) is 3.26. The molecular weight excluding hydrogens is 320 g/mol. The van der Waals surface area contributed by atoms with E-state index in [0.29, 0.717) is 5.89 Å². The van der Waals surface area contributed by atoms with E-state index >= 15 is 0 Å². The van der Waals surface area contributed by atoms with Gasteiger partial charge in [-0.1, -0.05) is 18.2 Å². The van der Waals surface area contributed by atoms with Crippen molar-refractivity contribution in [3.05, 3.63) is 53.4 Å². The predicted molar refractivity (Wildman–Crippen MR) is 96.3 cm³/mol. The molecule has 1 fully saturated rings. The highest BCUT2D eigenvalue weighted by Gasteiger charge is 2.20. The molecule has 2 aromatic heterocycles. The molecule has 0 spiro atoms. The van der Waals surface area contributed by atoms with Crippen molar-refractivity contribution in [3.63, 3.8) is 0 Å². The van der Waals surface area contributed by atoms with E-state index in [4.69, 9.17) is 4.42 Å². The van der Waals surface area contributed by atoms with Crippen molar-refractivity contribution >= 4 is 16.5 Å². The monoisotopic (exact) mass is 340 g/mol. The second-order valence-electron chi connectivity index (χ2n) is 6.04. The molecular formula is C18H20N4OS. The highest BCUT2D eigenvalue weighted by atomic mass is 32.1. The third kappa shape index (κ3) is 3.34. The number of hydrogen-bond acceptors (Lipinski definition) is 6. The molecule has 0 radical (unpaired) electrons. The maximum Gasteiger partial charge on any atom is 0.226 e. The number of nitrogens with zero attached hydrogens (tertiary/aromatic N) is 4. The third-order valence-corrected chi connectivity index (χ3v) is 5.23. The van der Waals surface area contributed by atoms with Gasteiger partial charge >= 0.3 is 0 Å². The van der Waals surface area contributed by atoms with Gasteiger partial charge in [-0.2, -0.15) is 0 Å². The first-order valence-electron chi connectivity index (χ1n) is 8.17. The molecule has 1 aliphatic heterocycles. The summed E-state index contributed by atoms with van der Waals surface area (Å²) in [5.74, 6) is 0.697. The Balaban J connectivity index is 1.35. The molecule has 1 aromatic carbocycles. The van der Waals surface area contributed by atoms with E-state index in [-0.39, 0.29) is 0 Å². The van der Waals surface area contributed by atoms with Crippen molar-refractivity contribution in [1.82, 2.24) is 14.9 Å². The summed E-state index contributed by atoms with van der Waals surface area (Å²) in [6.45, 7) is 6.94. The zero-order valence-electron chi connectivity index (χ0n) is 13.7. The third-order valence-electron chi connectivity index (χ3n) is 4.21. The van der Waals surface area contributed by atoms with Crippen LogP contribution in [0.5, 0.6) is 0 Å². The first-order chi connectivity index (χ1) is 11.8. The topological polar surface area (TPSA) is 45.4 Å². The van der Waals surface area contributed by atoms with E-state index < -0.39 is 0 Å². The molecule has 0 amide bonds. The SMILES string of the molecule is Cc1csc(N2CCN(Cc3coc(-c4ccccc4)n3)CC2)n1. The Morgan fingerprint density at radius 1 is 1.08 bits per heavy atom. The Morgan fingerprint density at radius 2 is 1.88 bits per heavy atom. The number of hydrogen-bond donors (Lipinski definition) is 0. The van der Waals surface area contributed by atoms with Gasteiger partial charge < -0.3 is 9.32 Å². The van der Waals surface area contributed by atoms with Crippen LogP contribution < -0.4 is 4.90 Å². The summed E-state index contributed by atoms with van der Waals surface area (Å²) < 4.78 is 5.63. The fourth-order valence-electron chi connectivity index (χ4n) is 2.91. The second kappa shape index (κ2) is 6.75. The lowest BCUT2D eigenvalue weighted by molar-refractivity contribution is 0.247. The fraction of sp³-hybridized carbons (Fsp3) is 0.333. The van der Waals surface area contributed by atoms with Crippen molar-refractivity contribution in [1.29, 1.82) is 0 Å². The lowest BCUT2D eigenvalue weighted by Gasteiger charge is -2.34. The van der Waals surface area contributed by atoms with Gasteiger partial charge in [-0.25, -0.2) is 9.97 Å². The average molecular weight is 340 g/mol. The van der Waals surface area contributed by atoms with Crippen LogP contribution in [0.25, 0.3) is 11.5 Å². The van der Waals surface area contributed by atoms with Gasteiger partial charge in [-0.05, 0) is 19.1 Å². The predicted octanol–water partition coefficient (Wildman–Crippen LogP) is 3.43. The molecule has 0 saturated carbocycles. The van der Waals surface area contributed by atoms with Crippen LogP contribution in [-0.2, 0) is 6.54 Å². The molecule has 5 nitrogen and oxygen atoms in total. The Labute approximate surface area is 145 Å². The van der Waals surface area contributed by atoms with E-state index in [0.717, 1.165) is 54.8 Å². The minimum atomic E-state index is 0.697. The molecule has 1 saturated heterocycles. The molecule has 0 unspecified atom stereocenters. The molecule has 0 bridgehead atoms. The number of thiazole rings is 1. The summed E-state index contributed by atoms with van der Waals surface area (Å²) in [4.78, 5) is 14.0. The molecule has 4 rings (SSSR count). The van der Waals surface area contributed by atoms with E-state index in [1.54, 1.807) is 17.6 Å². The van der Waals surface area contributed by atoms with Crippen molar-refractivity contribution in [3.8, 4) is 11.5 Å². The Morgan fingerprint density at radius 3 is 2.58 bits per heavy atom. The largest absolute Gasteiger partial charge is 0.444 e. The second-order valence-corrected chi connectivity index (χ2v) is 6.88. The van der Waals surface area contributed by atoms with Crippen LogP contribution >= 0.6 is 11.3 Å². The van der Waals surface area contributed by atoms with Crippen molar-refractivity contribution in [2.75, 3.05) is 31.1 Å². The molecule has 24 heavy (non-hydrogen) atoms. The summed E-state index contributed by atoms with van der Waals surface area (Å²) in [7, 11) is 0. The van der Waals surface area contributed by atoms with Gasteiger partial charge in [0.05, 0.1) is 11.4 Å². The van der Waals surface area contributed by atoms with Gasteiger partial charge in [0, 0.05) is 43.7 Å². The van der Waals surface area contributed by atoms with E-state index in [1.807, 2.05) is 37.3 Å². The van der Waals surface area contributed by atoms with Crippen LogP contribution in [0.15, 0.2) is 46.4 Å². The highest BCUT2D eigenvalue weighted by molar-refractivity contribution is 7.13. The number of aromatic nitrogens is 2. The zero-order valence-corrected chi connectivity index (χ0v) is 14.5. The van der Waals surface area contributed by atoms with Gasteiger partial charge in [-0.15, -0.1) is 11.3 Å². The molecule has 1 aliphatic rings. The lowest BCUT2D eigenvalue weighted by Crippen LogP contribution is -2.46. The maximum absolute atomic E-state index is 5.63. The van der Waals surface area contributed by atoms with E-state index in [9.17, 15) is 0 Å². The van der Waals surface area contributed by atoms with E-state index in [2.05, 4.69) is 25.1 Å². The van der Waals surface area contributed by atoms with Crippen LogP contribution in [0.2, 0.25) is 0 Å². The van der Waals surface area contributed by atoms with Gasteiger partial charge in [-0.3, -0.25) is 4.90 Å². The number of rotatable bonds is 4. The number of benzene rings is 1. The molecule has 0 N–H and O–H groups in total. The molecule has 124 valence electrons. The Bertz CT molecular complexity index is 790. The standard InChI is InChI=1S/C18H20N4OS/c1-14-13-24-18(19-14)22-9-7-21(8-10-22)11-16-12-23-17(20-16)15-5-3-2-4-6-15/h2-6,12-13H,7-11H2,1H3. The Hall–Kier alpha value is -2.18. The molecule has 3 aromatic rings. The van der Waals surface area contributed by atoms with Gasteiger partial charge in [0.15, 0.2) is 5.13 Å². The van der Waals surface area contributed by atoms with Crippen molar-refractivity contribution in [2.45, 2.75) is 13.5 Å². The number of aryl methyl sites for hydroxylation is 1. The van der Waals surface area contributed by atoms with Crippen molar-refractivity contribution in [2.24, 2.45) is 0 Å². The summed E-state index contributed by atoms with van der Waals surface area (Å²) in [5, 5.41) is 3.25.